The van der Waals surface area contributed by atoms with E-state index in [-0.39, 0.29) is 0 Å². The predicted molar refractivity (Wildman–Crippen MR) is 51.6 cm³/mol. The number of rotatable bonds is 2. The number of hydrazone groups is 1. The molecular weight excluding hydrogens is 166 g/mol. The molecule has 1 rings (SSSR count). The van der Waals surface area contributed by atoms with Crippen LogP contribution in [-0.4, -0.2) is 30.9 Å². The highest BCUT2D eigenvalue weighted by Gasteiger charge is 2.18. The number of nitrogens with one attached hydrogen (secondary N) is 1. The maximum Gasteiger partial charge on any atom is 0.169 e. The molecule has 5 nitrogen and oxygen atoms in total. The van der Waals surface area contributed by atoms with Crippen molar-refractivity contribution < 1.29 is 0 Å². The van der Waals surface area contributed by atoms with Crippen molar-refractivity contribution in [2.24, 2.45) is 22.0 Å². The molecule has 3 N–H and O–H groups in total. The van der Waals surface area contributed by atoms with Crippen LogP contribution < -0.4 is 5.84 Å². The lowest BCUT2D eigenvalue weighted by Gasteiger charge is -2.28. The predicted octanol–water partition coefficient (Wildman–Crippen LogP) is 1.02. The summed E-state index contributed by atoms with van der Waals surface area (Å²) in [7, 11) is 2.13. The number of piperidine rings is 1. The Balaban J connectivity index is 2.33. The molecule has 74 valence electrons. The van der Waals surface area contributed by atoms with Crippen LogP contribution in [0.1, 0.15) is 19.3 Å². The lowest BCUT2D eigenvalue weighted by molar-refractivity contribution is 0.223. The molecule has 0 radical (unpaired) electrons. The maximum atomic E-state index is 6.82. The summed E-state index contributed by atoms with van der Waals surface area (Å²) in [6, 6.07) is 0. The summed E-state index contributed by atoms with van der Waals surface area (Å²) in [5, 5.41) is 6.75. The van der Waals surface area contributed by atoms with Crippen LogP contribution in [0.2, 0.25) is 0 Å². The maximum absolute atomic E-state index is 6.82. The molecule has 1 heterocycles. The average Bonchev–Trinajstić information content (AvgIpc) is 2.17. The Morgan fingerprint density at radius 2 is 2.15 bits per heavy atom. The first kappa shape index (κ1) is 10.1. The third kappa shape index (κ3) is 3.10. The molecule has 1 fully saturated rings. The topological polar surface area (TPSA) is 77.8 Å². The van der Waals surface area contributed by atoms with Gasteiger partial charge >= 0.3 is 0 Å². The number of nitrogens with zero attached hydrogens (tertiary/aromatic N) is 3. The van der Waals surface area contributed by atoms with Crippen LogP contribution in [0.4, 0.5) is 0 Å². The van der Waals surface area contributed by atoms with Gasteiger partial charge in [-0.3, -0.25) is 0 Å². The van der Waals surface area contributed by atoms with E-state index in [2.05, 4.69) is 22.2 Å². The summed E-state index contributed by atoms with van der Waals surface area (Å²) >= 11 is 0. The van der Waals surface area contributed by atoms with Gasteiger partial charge in [0.05, 0.1) is 0 Å². The van der Waals surface area contributed by atoms with Gasteiger partial charge in [-0.1, -0.05) is 0 Å². The third-order valence-electron chi connectivity index (χ3n) is 2.59. The Hall–Kier alpha value is -0.970. The third-order valence-corrected chi connectivity index (χ3v) is 2.59. The van der Waals surface area contributed by atoms with E-state index in [1.807, 2.05) is 0 Å². The highest BCUT2D eigenvalue weighted by molar-refractivity contribution is 5.82. The number of hydrogen-bond acceptors (Lipinski definition) is 4. The summed E-state index contributed by atoms with van der Waals surface area (Å²) < 4.78 is 0. The lowest BCUT2D eigenvalue weighted by atomic mass is 9.93. The van der Waals surface area contributed by atoms with Crippen LogP contribution in [0.3, 0.4) is 0 Å². The van der Waals surface area contributed by atoms with Crippen molar-refractivity contribution in [3.63, 3.8) is 0 Å². The van der Waals surface area contributed by atoms with Crippen molar-refractivity contribution in [3.05, 3.63) is 0 Å². The van der Waals surface area contributed by atoms with Crippen molar-refractivity contribution in [1.29, 1.82) is 5.53 Å². The van der Waals surface area contributed by atoms with E-state index in [4.69, 9.17) is 11.4 Å². The van der Waals surface area contributed by atoms with Crippen molar-refractivity contribution in [2.45, 2.75) is 19.3 Å². The van der Waals surface area contributed by atoms with E-state index in [0.29, 0.717) is 11.8 Å². The van der Waals surface area contributed by atoms with Crippen molar-refractivity contribution in [1.82, 2.24) is 4.90 Å². The zero-order valence-corrected chi connectivity index (χ0v) is 8.03. The summed E-state index contributed by atoms with van der Waals surface area (Å²) in [4.78, 5) is 2.31. The van der Waals surface area contributed by atoms with Gasteiger partial charge in [0.2, 0.25) is 0 Å². The quantitative estimate of drug-likeness (QED) is 0.220. The first-order valence-electron chi connectivity index (χ1n) is 4.59. The van der Waals surface area contributed by atoms with Gasteiger partial charge in [0, 0.05) is 6.42 Å². The first-order valence-corrected chi connectivity index (χ1v) is 4.59. The van der Waals surface area contributed by atoms with Crippen LogP contribution in [0.5, 0.6) is 0 Å². The number of likely N-dealkylation sites (tertiary alicyclic amines) is 1. The molecule has 1 saturated heterocycles. The molecule has 0 aromatic rings. The Kier molecular flexibility index (Phi) is 3.82. The van der Waals surface area contributed by atoms with Gasteiger partial charge in [-0.25, -0.2) is 5.53 Å². The van der Waals surface area contributed by atoms with Gasteiger partial charge in [-0.05, 0) is 38.9 Å². The Labute approximate surface area is 78.5 Å². The van der Waals surface area contributed by atoms with Crippen molar-refractivity contribution in [3.8, 4) is 0 Å². The molecule has 1 aliphatic heterocycles. The fourth-order valence-electron chi connectivity index (χ4n) is 1.65. The Morgan fingerprint density at radius 1 is 1.54 bits per heavy atom. The molecule has 0 aliphatic carbocycles. The second kappa shape index (κ2) is 4.91. The molecule has 0 saturated carbocycles. The minimum atomic E-state index is 0.467. The number of nitrogens with two attached hydrogens (primary N) is 1. The zero-order chi connectivity index (χ0) is 9.68. The van der Waals surface area contributed by atoms with Crippen molar-refractivity contribution >= 4 is 5.84 Å². The fourth-order valence-corrected chi connectivity index (χ4v) is 1.65. The second-order valence-corrected chi connectivity index (χ2v) is 3.61. The van der Waals surface area contributed by atoms with E-state index >= 15 is 0 Å². The highest BCUT2D eigenvalue weighted by atomic mass is 15.2. The van der Waals surface area contributed by atoms with Gasteiger partial charge < -0.3 is 10.7 Å². The summed E-state index contributed by atoms with van der Waals surface area (Å²) in [5.41, 5.74) is 6.82. The van der Waals surface area contributed by atoms with Crippen LogP contribution in [0, 0.1) is 11.4 Å². The van der Waals surface area contributed by atoms with Gasteiger partial charge in [0.25, 0.3) is 0 Å². The second-order valence-electron chi connectivity index (χ2n) is 3.61. The largest absolute Gasteiger partial charge is 0.321 e. The highest BCUT2D eigenvalue weighted by Crippen LogP contribution is 2.19. The molecule has 0 aromatic heterocycles. The van der Waals surface area contributed by atoms with E-state index in [9.17, 15) is 0 Å². The van der Waals surface area contributed by atoms with Gasteiger partial charge in [0.15, 0.2) is 5.84 Å². The number of hydrogen-bond donors (Lipinski definition) is 2. The number of amidine groups is 1. The lowest BCUT2D eigenvalue weighted by Crippen LogP contribution is -2.31. The average molecular weight is 183 g/mol. The summed E-state index contributed by atoms with van der Waals surface area (Å²) in [6.45, 7) is 2.25. The molecule has 0 atom stereocenters. The van der Waals surface area contributed by atoms with Gasteiger partial charge in [-0.15, -0.1) is 5.11 Å². The Morgan fingerprint density at radius 3 is 2.62 bits per heavy atom. The fraction of sp³-hybridized carbons (Fsp3) is 0.875. The van der Waals surface area contributed by atoms with Gasteiger partial charge in [-0.2, -0.15) is 5.10 Å². The van der Waals surface area contributed by atoms with Gasteiger partial charge in [0.1, 0.15) is 0 Å². The standard InChI is InChI=1S/C8H17N5/c1-13-4-2-7(3-5-13)6-8(11-9)12-10/h7,9H,2-6,10H2,1H3/b11-9?,12-8-. The molecule has 0 unspecified atom stereocenters. The minimum Gasteiger partial charge on any atom is -0.321 e. The van der Waals surface area contributed by atoms with E-state index < -0.39 is 0 Å². The monoisotopic (exact) mass is 183 g/mol. The van der Waals surface area contributed by atoms with Crippen LogP contribution in [0.15, 0.2) is 10.2 Å². The van der Waals surface area contributed by atoms with E-state index in [1.54, 1.807) is 0 Å². The van der Waals surface area contributed by atoms with E-state index in [0.717, 1.165) is 32.4 Å². The van der Waals surface area contributed by atoms with Crippen molar-refractivity contribution in [2.75, 3.05) is 20.1 Å². The SMILES string of the molecule is CN1CCC(C/C(N=N)=N/N)CC1. The molecule has 0 bridgehead atoms. The normalized spacial score (nSPS) is 21.8. The smallest absolute Gasteiger partial charge is 0.169 e. The molecule has 0 spiro atoms. The zero-order valence-electron chi connectivity index (χ0n) is 8.03. The summed E-state index contributed by atoms with van der Waals surface area (Å²) in [5.74, 6) is 6.16. The molecule has 5 heteroatoms. The molecule has 0 aromatic carbocycles. The minimum absolute atomic E-state index is 0.467. The van der Waals surface area contributed by atoms with Crippen LogP contribution in [-0.2, 0) is 0 Å². The van der Waals surface area contributed by atoms with Crippen LogP contribution >= 0.6 is 0 Å². The molecular formula is C8H17N5. The molecule has 13 heavy (non-hydrogen) atoms. The molecule has 1 aliphatic rings. The van der Waals surface area contributed by atoms with E-state index in [1.165, 1.54) is 0 Å². The Bertz CT molecular complexity index is 193. The summed E-state index contributed by atoms with van der Waals surface area (Å²) in [6.07, 6.45) is 3.07. The first-order chi connectivity index (χ1) is 6.26. The molecule has 0 amide bonds. The van der Waals surface area contributed by atoms with Crippen LogP contribution in [0.25, 0.3) is 0 Å².